The van der Waals surface area contributed by atoms with Gasteiger partial charge in [-0.05, 0) is 12.3 Å². The molecule has 1 atom stereocenters. The van der Waals surface area contributed by atoms with Crippen molar-refractivity contribution in [1.82, 2.24) is 0 Å². The van der Waals surface area contributed by atoms with Gasteiger partial charge in [0.25, 0.3) is 10.1 Å². The van der Waals surface area contributed by atoms with Crippen molar-refractivity contribution in [3.8, 4) is 0 Å². The van der Waals surface area contributed by atoms with Crippen molar-refractivity contribution in [2.75, 3.05) is 6.26 Å². The van der Waals surface area contributed by atoms with Gasteiger partial charge in [-0.3, -0.25) is 9.35 Å². The van der Waals surface area contributed by atoms with Gasteiger partial charge in [0.1, 0.15) is 6.04 Å². The van der Waals surface area contributed by atoms with Gasteiger partial charge >= 0.3 is 5.97 Å². The van der Waals surface area contributed by atoms with Crippen LogP contribution in [0.25, 0.3) is 0 Å². The summed E-state index contributed by atoms with van der Waals surface area (Å²) in [6, 6.07) is -0.690. The van der Waals surface area contributed by atoms with Crippen LogP contribution in [0.3, 0.4) is 0 Å². The number of hydrogen-bond acceptors (Lipinski definition) is 4. The van der Waals surface area contributed by atoms with Crippen molar-refractivity contribution in [3.05, 3.63) is 0 Å². The Morgan fingerprint density at radius 1 is 1.43 bits per heavy atom. The van der Waals surface area contributed by atoms with E-state index in [2.05, 4.69) is 0 Å². The lowest BCUT2D eigenvalue weighted by Crippen LogP contribution is -2.31. The van der Waals surface area contributed by atoms with E-state index in [1.807, 2.05) is 13.8 Å². The average molecular weight is 227 g/mol. The third-order valence-corrected chi connectivity index (χ3v) is 1.04. The number of rotatable bonds is 3. The maximum Gasteiger partial charge on any atom is 0.320 e. The molecular weight excluding hydrogens is 210 g/mol. The second-order valence-corrected chi connectivity index (χ2v) is 4.77. The molecule has 4 N–H and O–H groups in total. The standard InChI is InChI=1S/C6H13NO2.CH4O3S/c1-4(2)3-5(7)6(8)9;1-5(2,3)4/h4-5H,3,7H2,1-2H3,(H,8,9);1H3,(H,2,3,4)/t5-;/m0./s1. The number of carboxylic acid groups (broad SMARTS) is 1. The normalized spacial score (nSPS) is 13.0. The van der Waals surface area contributed by atoms with Crippen LogP contribution >= 0.6 is 0 Å². The Bertz CT molecular complexity index is 251. The molecule has 6 nitrogen and oxygen atoms in total. The van der Waals surface area contributed by atoms with Gasteiger partial charge in [0.05, 0.1) is 6.26 Å². The summed E-state index contributed by atoms with van der Waals surface area (Å²) in [6.45, 7) is 3.89. The van der Waals surface area contributed by atoms with E-state index in [0.29, 0.717) is 18.6 Å². The second-order valence-electron chi connectivity index (χ2n) is 3.31. The molecule has 0 bridgehead atoms. The van der Waals surface area contributed by atoms with E-state index in [1.54, 1.807) is 0 Å². The van der Waals surface area contributed by atoms with Crippen LogP contribution in [0.4, 0.5) is 0 Å². The number of hydrogen-bond donors (Lipinski definition) is 3. The molecule has 0 fully saturated rings. The minimum absolute atomic E-state index is 0.357. The number of carboxylic acids is 1. The van der Waals surface area contributed by atoms with Crippen LogP contribution in [-0.2, 0) is 14.9 Å². The monoisotopic (exact) mass is 227 g/mol. The first-order valence-electron chi connectivity index (χ1n) is 3.95. The van der Waals surface area contributed by atoms with Crippen molar-refractivity contribution >= 4 is 16.1 Å². The fraction of sp³-hybridized carbons (Fsp3) is 0.857. The third-order valence-electron chi connectivity index (χ3n) is 1.04. The van der Waals surface area contributed by atoms with Crippen LogP contribution in [0, 0.1) is 5.92 Å². The average Bonchev–Trinajstić information content (AvgIpc) is 1.80. The maximum atomic E-state index is 10.1. The molecule has 7 heteroatoms. The van der Waals surface area contributed by atoms with Crippen molar-refractivity contribution in [2.24, 2.45) is 11.7 Å². The molecular formula is C7H17NO5S. The summed E-state index contributed by atoms with van der Waals surface area (Å²) in [5.74, 6) is -0.556. The number of nitrogens with two attached hydrogens (primary N) is 1. The Balaban J connectivity index is 0. The highest BCUT2D eigenvalue weighted by atomic mass is 32.2. The predicted octanol–water partition coefficient (Wildman–Crippen LogP) is -0.0516. The van der Waals surface area contributed by atoms with E-state index in [1.165, 1.54) is 0 Å². The highest BCUT2D eigenvalue weighted by Gasteiger charge is 2.11. The molecule has 0 aromatic rings. The van der Waals surface area contributed by atoms with Crippen LogP contribution in [0.1, 0.15) is 20.3 Å². The van der Waals surface area contributed by atoms with E-state index < -0.39 is 22.1 Å². The number of carbonyl (C=O) groups is 1. The lowest BCUT2D eigenvalue weighted by molar-refractivity contribution is -0.138. The summed E-state index contributed by atoms with van der Waals surface area (Å²) in [6.07, 6.45) is 1.27. The molecule has 14 heavy (non-hydrogen) atoms. The Morgan fingerprint density at radius 3 is 1.79 bits per heavy atom. The zero-order valence-corrected chi connectivity index (χ0v) is 9.28. The molecule has 0 aliphatic rings. The van der Waals surface area contributed by atoms with Crippen LogP contribution in [-0.4, -0.2) is 36.3 Å². The number of aliphatic carboxylic acids is 1. The SMILES string of the molecule is CC(C)C[C@H](N)C(=O)O.CS(=O)(=O)O. The molecule has 0 saturated heterocycles. The van der Waals surface area contributed by atoms with Crippen LogP contribution < -0.4 is 5.73 Å². The second kappa shape index (κ2) is 6.74. The fourth-order valence-corrected chi connectivity index (χ4v) is 0.609. The lowest BCUT2D eigenvalue weighted by atomic mass is 10.1. The van der Waals surface area contributed by atoms with Crippen LogP contribution in [0.15, 0.2) is 0 Å². The molecule has 0 saturated carbocycles. The zero-order valence-electron chi connectivity index (χ0n) is 8.47. The van der Waals surface area contributed by atoms with Crippen molar-refractivity contribution in [2.45, 2.75) is 26.3 Å². The highest BCUT2D eigenvalue weighted by Crippen LogP contribution is 2.01. The van der Waals surface area contributed by atoms with E-state index in [-0.39, 0.29) is 0 Å². The van der Waals surface area contributed by atoms with Crippen molar-refractivity contribution < 1.29 is 22.9 Å². The van der Waals surface area contributed by atoms with Gasteiger partial charge in [0, 0.05) is 0 Å². The summed E-state index contributed by atoms with van der Waals surface area (Å²) >= 11 is 0. The molecule has 0 aromatic heterocycles. The quantitative estimate of drug-likeness (QED) is 0.582. The van der Waals surface area contributed by atoms with Gasteiger partial charge in [0.15, 0.2) is 0 Å². The first-order chi connectivity index (χ1) is 6.04. The summed E-state index contributed by atoms with van der Waals surface area (Å²) in [4.78, 5) is 10.1. The molecule has 86 valence electrons. The van der Waals surface area contributed by atoms with E-state index >= 15 is 0 Å². The Labute approximate surface area is 83.9 Å². The van der Waals surface area contributed by atoms with Gasteiger partial charge in [-0.15, -0.1) is 0 Å². The van der Waals surface area contributed by atoms with Crippen LogP contribution in [0.2, 0.25) is 0 Å². The minimum Gasteiger partial charge on any atom is -0.480 e. The van der Waals surface area contributed by atoms with Crippen molar-refractivity contribution in [1.29, 1.82) is 0 Å². The molecule has 0 heterocycles. The molecule has 0 aliphatic carbocycles. The van der Waals surface area contributed by atoms with E-state index in [4.69, 9.17) is 15.4 Å². The minimum atomic E-state index is -3.67. The van der Waals surface area contributed by atoms with Crippen LogP contribution in [0.5, 0.6) is 0 Å². The highest BCUT2D eigenvalue weighted by molar-refractivity contribution is 7.85. The lowest BCUT2D eigenvalue weighted by Gasteiger charge is -2.07. The molecule has 0 unspecified atom stereocenters. The fourth-order valence-electron chi connectivity index (χ4n) is 0.609. The Morgan fingerprint density at radius 2 is 1.71 bits per heavy atom. The summed E-state index contributed by atoms with van der Waals surface area (Å²) in [5, 5.41) is 8.31. The molecule has 0 aromatic carbocycles. The Hall–Kier alpha value is -0.660. The first-order valence-corrected chi connectivity index (χ1v) is 5.79. The van der Waals surface area contributed by atoms with Gasteiger partial charge in [-0.25, -0.2) is 0 Å². The first kappa shape index (κ1) is 15.8. The van der Waals surface area contributed by atoms with E-state index in [9.17, 15) is 13.2 Å². The molecule has 0 rings (SSSR count). The Kier molecular flexibility index (Phi) is 7.61. The molecule has 0 amide bonds. The summed E-state index contributed by atoms with van der Waals surface area (Å²) in [7, 11) is -3.67. The topological polar surface area (TPSA) is 118 Å². The smallest absolute Gasteiger partial charge is 0.320 e. The molecule has 0 aliphatic heterocycles. The largest absolute Gasteiger partial charge is 0.480 e. The summed E-state index contributed by atoms with van der Waals surface area (Å²) in [5.41, 5.74) is 5.22. The maximum absolute atomic E-state index is 10.1. The zero-order chi connectivity index (χ0) is 11.9. The van der Waals surface area contributed by atoms with Gasteiger partial charge in [-0.2, -0.15) is 8.42 Å². The third kappa shape index (κ3) is 22.5. The van der Waals surface area contributed by atoms with Gasteiger partial charge in [0.2, 0.25) is 0 Å². The van der Waals surface area contributed by atoms with Gasteiger partial charge in [-0.1, -0.05) is 13.8 Å². The van der Waals surface area contributed by atoms with Crippen molar-refractivity contribution in [3.63, 3.8) is 0 Å². The predicted molar refractivity (Wildman–Crippen MR) is 52.5 cm³/mol. The van der Waals surface area contributed by atoms with Gasteiger partial charge < -0.3 is 10.8 Å². The molecule has 0 radical (unpaired) electrons. The molecule has 0 spiro atoms. The van der Waals surface area contributed by atoms with E-state index in [0.717, 1.165) is 0 Å². The summed E-state index contributed by atoms with van der Waals surface area (Å²) < 4.78 is 25.9.